The molecule has 0 aliphatic carbocycles. The summed E-state index contributed by atoms with van der Waals surface area (Å²) in [7, 11) is -4.39. The number of nitro groups is 1. The first kappa shape index (κ1) is 34.1. The Labute approximate surface area is 273 Å². The molecule has 0 heterocycles. The van der Waals surface area contributed by atoms with Crippen LogP contribution in [0.5, 0.6) is 0 Å². The molecule has 0 aromatic heterocycles. The van der Waals surface area contributed by atoms with Crippen molar-refractivity contribution in [1.29, 1.82) is 0 Å². The highest BCUT2D eigenvalue weighted by Crippen LogP contribution is 2.28. The lowest BCUT2D eigenvalue weighted by molar-refractivity contribution is -0.384. The average Bonchev–Trinajstić information content (AvgIpc) is 3.05. The smallest absolute Gasteiger partial charge is 0.271 e. The first-order valence-corrected chi connectivity index (χ1v) is 16.5. The van der Waals surface area contributed by atoms with E-state index in [9.17, 15) is 28.1 Å². The van der Waals surface area contributed by atoms with Crippen molar-refractivity contribution in [3.63, 3.8) is 0 Å². The van der Waals surface area contributed by atoms with Crippen LogP contribution >= 0.6 is 11.6 Å². The van der Waals surface area contributed by atoms with E-state index >= 15 is 0 Å². The second-order valence-corrected chi connectivity index (χ2v) is 13.1. The Morgan fingerprint density at radius 2 is 1.52 bits per heavy atom. The van der Waals surface area contributed by atoms with Crippen LogP contribution in [0.25, 0.3) is 0 Å². The summed E-state index contributed by atoms with van der Waals surface area (Å²) in [6.07, 6.45) is 0.805. The van der Waals surface area contributed by atoms with Crippen molar-refractivity contribution in [2.75, 3.05) is 10.8 Å². The predicted molar refractivity (Wildman–Crippen MR) is 178 cm³/mol. The van der Waals surface area contributed by atoms with Gasteiger partial charge in [-0.15, -0.1) is 0 Å². The number of non-ortho nitro benzene ring substituents is 1. The van der Waals surface area contributed by atoms with Gasteiger partial charge in [0.1, 0.15) is 12.6 Å². The van der Waals surface area contributed by atoms with Crippen molar-refractivity contribution in [2.24, 2.45) is 0 Å². The van der Waals surface area contributed by atoms with Gasteiger partial charge in [-0.2, -0.15) is 0 Å². The Balaban J connectivity index is 1.83. The van der Waals surface area contributed by atoms with Gasteiger partial charge in [-0.1, -0.05) is 85.3 Å². The summed E-state index contributed by atoms with van der Waals surface area (Å²) in [6.45, 7) is 2.99. The van der Waals surface area contributed by atoms with Gasteiger partial charge < -0.3 is 10.2 Å². The number of carbonyl (C=O) groups is 2. The number of amides is 2. The zero-order chi connectivity index (χ0) is 33.3. The molecule has 0 saturated heterocycles. The summed E-state index contributed by atoms with van der Waals surface area (Å²) in [4.78, 5) is 40.6. The molecule has 0 unspecified atom stereocenters. The molecule has 0 fully saturated rings. The molecule has 1 N–H and O–H groups in total. The van der Waals surface area contributed by atoms with Gasteiger partial charge in [0.05, 0.1) is 15.5 Å². The molecule has 2 atom stereocenters. The van der Waals surface area contributed by atoms with Gasteiger partial charge >= 0.3 is 0 Å². The van der Waals surface area contributed by atoms with E-state index in [1.165, 1.54) is 35.2 Å². The van der Waals surface area contributed by atoms with E-state index in [2.05, 4.69) is 5.32 Å². The number of halogens is 1. The quantitative estimate of drug-likeness (QED) is 0.130. The molecule has 0 bridgehead atoms. The zero-order valence-corrected chi connectivity index (χ0v) is 27.0. The Kier molecular flexibility index (Phi) is 11.5. The number of carbonyl (C=O) groups excluding carboxylic acids is 2. The highest BCUT2D eigenvalue weighted by molar-refractivity contribution is 7.92. The minimum atomic E-state index is -4.39. The van der Waals surface area contributed by atoms with Crippen molar-refractivity contribution in [2.45, 2.75) is 50.2 Å². The van der Waals surface area contributed by atoms with Crippen molar-refractivity contribution in [3.05, 3.63) is 135 Å². The van der Waals surface area contributed by atoms with Crippen molar-refractivity contribution < 1.29 is 22.9 Å². The number of sulfonamides is 1. The van der Waals surface area contributed by atoms with Crippen molar-refractivity contribution in [3.8, 4) is 0 Å². The molecule has 240 valence electrons. The Hall–Kier alpha value is -4.74. The van der Waals surface area contributed by atoms with Crippen LogP contribution < -0.4 is 9.62 Å². The molecule has 0 aliphatic rings. The van der Waals surface area contributed by atoms with Gasteiger partial charge in [0.25, 0.3) is 15.7 Å². The largest absolute Gasteiger partial charge is 0.352 e. The molecule has 10 nitrogen and oxygen atoms in total. The summed E-state index contributed by atoms with van der Waals surface area (Å²) in [5.41, 5.74) is 1.01. The average molecular weight is 663 g/mol. The van der Waals surface area contributed by atoms with E-state index < -0.39 is 39.3 Å². The van der Waals surface area contributed by atoms with E-state index in [1.54, 1.807) is 42.5 Å². The Morgan fingerprint density at radius 3 is 2.15 bits per heavy atom. The molecule has 0 aliphatic heterocycles. The lowest BCUT2D eigenvalue weighted by Crippen LogP contribution is -2.54. The third-order valence-electron chi connectivity index (χ3n) is 7.45. The van der Waals surface area contributed by atoms with E-state index in [-0.39, 0.29) is 35.3 Å². The first-order valence-electron chi connectivity index (χ1n) is 14.7. The molecule has 4 rings (SSSR count). The SMILES string of the molecule is CC[C@H](C)NC(=O)[C@@H](Cc1ccccc1)N(Cc1cccc(Cl)c1)C(=O)CN(c1cccc([N+](=O)[O-])c1)S(=O)(=O)c1ccccc1. The molecule has 12 heteroatoms. The number of nitrogens with one attached hydrogen (secondary N) is 1. The summed E-state index contributed by atoms with van der Waals surface area (Å²) in [5, 5.41) is 15.0. The van der Waals surface area contributed by atoms with Gasteiger partial charge in [-0.25, -0.2) is 8.42 Å². The van der Waals surface area contributed by atoms with E-state index in [0.29, 0.717) is 17.0 Å². The normalized spacial score (nSPS) is 12.5. The standard InChI is InChI=1S/C34H35ClN4O6S/c1-3-25(2)36-34(41)32(21-26-12-6-4-7-13-26)37(23-27-14-10-15-28(35)20-27)33(40)24-38(29-16-11-17-30(22-29)39(42)43)46(44,45)31-18-8-5-9-19-31/h4-20,22,25,32H,3,21,23-24H2,1-2H3,(H,36,41)/t25-,32+/m0/s1. The topological polar surface area (TPSA) is 130 Å². The van der Waals surface area contributed by atoms with Crippen LogP contribution in [0.15, 0.2) is 114 Å². The number of anilines is 1. The maximum absolute atomic E-state index is 14.5. The Bertz CT molecular complexity index is 1770. The minimum Gasteiger partial charge on any atom is -0.352 e. The van der Waals surface area contributed by atoms with Crippen molar-refractivity contribution >= 4 is 44.8 Å². The molecule has 0 radical (unpaired) electrons. The molecule has 0 saturated carbocycles. The fourth-order valence-corrected chi connectivity index (χ4v) is 6.48. The molecular formula is C34H35ClN4O6S. The zero-order valence-electron chi connectivity index (χ0n) is 25.5. The lowest BCUT2D eigenvalue weighted by Gasteiger charge is -2.34. The number of hydrogen-bond donors (Lipinski definition) is 1. The third-order valence-corrected chi connectivity index (χ3v) is 9.48. The molecule has 4 aromatic rings. The van der Waals surface area contributed by atoms with Crippen LogP contribution in [0, 0.1) is 10.1 Å². The highest BCUT2D eigenvalue weighted by Gasteiger charge is 2.35. The van der Waals surface area contributed by atoms with E-state index in [4.69, 9.17) is 11.6 Å². The fraction of sp³-hybridized carbons (Fsp3) is 0.235. The van der Waals surface area contributed by atoms with E-state index in [1.807, 2.05) is 44.2 Å². The minimum absolute atomic E-state index is 0.0566. The third kappa shape index (κ3) is 8.70. The van der Waals surface area contributed by atoms with Gasteiger partial charge in [0.2, 0.25) is 11.8 Å². The number of rotatable bonds is 14. The number of hydrogen-bond acceptors (Lipinski definition) is 6. The lowest BCUT2D eigenvalue weighted by atomic mass is 10.0. The molecule has 46 heavy (non-hydrogen) atoms. The molecule has 0 spiro atoms. The number of nitrogens with zero attached hydrogens (tertiary/aromatic N) is 3. The number of benzene rings is 4. The maximum Gasteiger partial charge on any atom is 0.271 e. The monoisotopic (exact) mass is 662 g/mol. The summed E-state index contributed by atoms with van der Waals surface area (Å²) in [6, 6.07) is 27.4. The van der Waals surface area contributed by atoms with Gasteiger partial charge in [-0.05, 0) is 54.8 Å². The van der Waals surface area contributed by atoms with E-state index in [0.717, 1.165) is 15.9 Å². The van der Waals surface area contributed by atoms with Gasteiger partial charge in [0, 0.05) is 36.2 Å². The van der Waals surface area contributed by atoms with Crippen LogP contribution in [0.2, 0.25) is 5.02 Å². The van der Waals surface area contributed by atoms with Crippen LogP contribution in [0.4, 0.5) is 11.4 Å². The fourth-order valence-electron chi connectivity index (χ4n) is 4.84. The molecular weight excluding hydrogens is 628 g/mol. The van der Waals surface area contributed by atoms with Crippen molar-refractivity contribution in [1.82, 2.24) is 10.2 Å². The van der Waals surface area contributed by atoms with Gasteiger partial charge in [-0.3, -0.25) is 24.0 Å². The summed E-state index contributed by atoms with van der Waals surface area (Å²) < 4.78 is 28.9. The predicted octanol–water partition coefficient (Wildman–Crippen LogP) is 6.00. The second kappa shape index (κ2) is 15.5. The van der Waals surface area contributed by atoms with Crippen LogP contribution in [0.1, 0.15) is 31.4 Å². The van der Waals surface area contributed by atoms with Gasteiger partial charge in [0.15, 0.2) is 0 Å². The van der Waals surface area contributed by atoms with Crippen LogP contribution in [0.3, 0.4) is 0 Å². The first-order chi connectivity index (χ1) is 22.0. The summed E-state index contributed by atoms with van der Waals surface area (Å²) >= 11 is 6.27. The molecule has 4 aromatic carbocycles. The van der Waals surface area contributed by atoms with Crippen LogP contribution in [-0.2, 0) is 32.6 Å². The maximum atomic E-state index is 14.5. The second-order valence-electron chi connectivity index (χ2n) is 10.8. The highest BCUT2D eigenvalue weighted by atomic mass is 35.5. The Morgan fingerprint density at radius 1 is 0.891 bits per heavy atom. The summed E-state index contributed by atoms with van der Waals surface area (Å²) in [5.74, 6) is -1.09. The van der Waals surface area contributed by atoms with Crippen LogP contribution in [-0.4, -0.2) is 48.7 Å². The number of nitro benzene ring substituents is 1. The molecule has 2 amide bonds.